The minimum Gasteiger partial charge on any atom is -0.247 e. The van der Waals surface area contributed by atoms with Gasteiger partial charge in [-0.2, -0.15) is 0 Å². The van der Waals surface area contributed by atoms with E-state index >= 15 is 0 Å². The Morgan fingerprint density at radius 3 is 1.58 bits per heavy atom. The van der Waals surface area contributed by atoms with Gasteiger partial charge in [0, 0.05) is 69.4 Å². The maximum atomic E-state index is 5.66. The number of aromatic nitrogens is 3. The van der Waals surface area contributed by atoms with Gasteiger partial charge in [0.05, 0.1) is 39.0 Å². The molecule has 4 heterocycles. The van der Waals surface area contributed by atoms with E-state index in [9.17, 15) is 0 Å². The van der Waals surface area contributed by atoms with Crippen molar-refractivity contribution in [3.63, 3.8) is 0 Å². The smallest absolute Gasteiger partial charge is 0.0972 e. The summed E-state index contributed by atoms with van der Waals surface area (Å²) in [6, 6.07) is 90.4. The van der Waals surface area contributed by atoms with Gasteiger partial charge in [-0.3, -0.25) is 0 Å². The Morgan fingerprint density at radius 2 is 0.875 bits per heavy atom. The van der Waals surface area contributed by atoms with Gasteiger partial charge in [0.1, 0.15) is 0 Å². The molecule has 10 aromatic carbocycles. The predicted octanol–water partition coefficient (Wildman–Crippen LogP) is 17.9. The second-order valence-corrected chi connectivity index (χ2v) is 20.0. The second-order valence-electron chi connectivity index (χ2n) is 19.0. The number of fused-ring (bicyclic) bond motifs is 13. The Kier molecular flexibility index (Phi) is 9.04. The number of hydrogen-bond acceptors (Lipinski definition) is 4. The Morgan fingerprint density at radius 1 is 0.333 bits per heavy atom. The molecule has 0 spiro atoms. The molecule has 0 fully saturated rings. The van der Waals surface area contributed by atoms with Crippen molar-refractivity contribution in [3.05, 3.63) is 271 Å². The van der Waals surface area contributed by atoms with Crippen LogP contribution >= 0.6 is 11.3 Å². The zero-order valence-electron chi connectivity index (χ0n) is 38.9. The number of rotatable bonds is 6. The summed E-state index contributed by atoms with van der Waals surface area (Å²) in [6.45, 7) is 0. The van der Waals surface area contributed by atoms with Crippen molar-refractivity contribution in [1.29, 1.82) is 0 Å². The number of nitrogens with zero attached hydrogens (tertiary/aromatic N) is 3. The van der Waals surface area contributed by atoms with Crippen LogP contribution in [-0.2, 0) is 5.41 Å². The van der Waals surface area contributed by atoms with Crippen LogP contribution in [0.15, 0.2) is 249 Å². The van der Waals surface area contributed by atoms with Gasteiger partial charge in [-0.15, -0.1) is 11.3 Å². The van der Waals surface area contributed by atoms with Crippen LogP contribution in [0.3, 0.4) is 0 Å². The van der Waals surface area contributed by atoms with Crippen molar-refractivity contribution in [2.45, 2.75) is 5.41 Å². The third-order valence-electron chi connectivity index (χ3n) is 15.1. The molecule has 0 amide bonds. The first-order chi connectivity index (χ1) is 35.7. The van der Waals surface area contributed by atoms with Gasteiger partial charge in [0.25, 0.3) is 0 Å². The van der Waals surface area contributed by atoms with E-state index in [1.807, 2.05) is 17.4 Å². The highest BCUT2D eigenvalue weighted by Crippen LogP contribution is 2.57. The third kappa shape index (κ3) is 6.06. The molecule has 72 heavy (non-hydrogen) atoms. The molecule has 0 aliphatic heterocycles. The fourth-order valence-corrected chi connectivity index (χ4v) is 13.1. The van der Waals surface area contributed by atoms with Gasteiger partial charge in [-0.1, -0.05) is 212 Å². The maximum absolute atomic E-state index is 5.66. The van der Waals surface area contributed by atoms with E-state index in [1.165, 1.54) is 64.5 Å². The maximum Gasteiger partial charge on any atom is 0.0972 e. The molecular formula is C68H41N3S. The van der Waals surface area contributed by atoms with Gasteiger partial charge < -0.3 is 0 Å². The first kappa shape index (κ1) is 40.8. The minimum absolute atomic E-state index is 0.532. The summed E-state index contributed by atoms with van der Waals surface area (Å²) in [5.41, 5.74) is 18.2. The standard InChI is InChI=1S/C68H41N3S/c1-4-16-43(17-5-1)58-38-35-45-32-33-46-36-39-59(70-66(46)65(45)69-58)44-30-28-42(29-31-44)54-41-55-62(63-53-24-12-15-27-61(53)72-67(54)63)52-23-11-14-26-60(52)71-64(55)47-34-37-51-50-22-10-13-25-56(50)68(57(51)40-47,48-18-6-2-7-19-48)49-20-8-3-9-21-49/h1-41H. The lowest BCUT2D eigenvalue weighted by Crippen LogP contribution is -2.28. The lowest BCUT2D eigenvalue weighted by Gasteiger charge is -2.34. The van der Waals surface area contributed by atoms with Gasteiger partial charge in [-0.25, -0.2) is 15.0 Å². The zero-order valence-corrected chi connectivity index (χ0v) is 39.7. The Hall–Kier alpha value is -9.09. The molecule has 3 nitrogen and oxygen atoms in total. The molecular weight excluding hydrogens is 891 g/mol. The fourth-order valence-electron chi connectivity index (χ4n) is 11.9. The molecule has 0 atom stereocenters. The topological polar surface area (TPSA) is 38.7 Å². The largest absolute Gasteiger partial charge is 0.247 e. The summed E-state index contributed by atoms with van der Waals surface area (Å²) in [4.78, 5) is 16.2. The lowest BCUT2D eigenvalue weighted by molar-refractivity contribution is 0.769. The van der Waals surface area contributed by atoms with Crippen LogP contribution in [0.2, 0.25) is 0 Å². The van der Waals surface area contributed by atoms with E-state index in [-0.39, 0.29) is 0 Å². The second kappa shape index (κ2) is 16.0. The fraction of sp³-hybridized carbons (Fsp3) is 0.0147. The number of benzene rings is 10. The van der Waals surface area contributed by atoms with Crippen molar-refractivity contribution in [2.24, 2.45) is 0 Å². The first-order valence-corrected chi connectivity index (χ1v) is 25.4. The molecule has 15 rings (SSSR count). The van der Waals surface area contributed by atoms with Gasteiger partial charge in [-0.05, 0) is 75.3 Å². The molecule has 0 unspecified atom stereocenters. The number of para-hydroxylation sites is 1. The predicted molar refractivity (Wildman–Crippen MR) is 302 cm³/mol. The highest BCUT2D eigenvalue weighted by molar-refractivity contribution is 7.26. The van der Waals surface area contributed by atoms with Crippen molar-refractivity contribution < 1.29 is 0 Å². The molecule has 0 N–H and O–H groups in total. The molecule has 0 radical (unpaired) electrons. The lowest BCUT2D eigenvalue weighted by atomic mass is 9.67. The quantitative estimate of drug-likeness (QED) is 0.156. The molecule has 0 saturated heterocycles. The van der Waals surface area contributed by atoms with Crippen LogP contribution in [0.4, 0.5) is 0 Å². The average Bonchev–Trinajstić information content (AvgIpc) is 4.00. The number of thiophene rings is 1. The van der Waals surface area contributed by atoms with E-state index in [4.69, 9.17) is 15.0 Å². The normalized spacial score (nSPS) is 12.8. The molecule has 14 aromatic rings. The highest BCUT2D eigenvalue weighted by atomic mass is 32.1. The highest BCUT2D eigenvalue weighted by Gasteiger charge is 2.46. The SMILES string of the molecule is c1ccc(-c2ccc3ccc4ccc(-c5ccc(-c6cc7c(-c8ccc9c(c8)C(c8ccccc8)(c8ccccc8)c8ccccc8-9)nc8ccccc8c7c7c6sc6ccccc67)cc5)nc4c3n2)cc1. The van der Waals surface area contributed by atoms with Crippen LogP contribution in [-0.4, -0.2) is 15.0 Å². The monoisotopic (exact) mass is 931 g/mol. The Balaban J connectivity index is 0.944. The summed E-state index contributed by atoms with van der Waals surface area (Å²) in [5.74, 6) is 0. The van der Waals surface area contributed by atoms with Crippen LogP contribution in [0, 0.1) is 0 Å². The van der Waals surface area contributed by atoms with Gasteiger partial charge in [0.2, 0.25) is 0 Å². The first-order valence-electron chi connectivity index (χ1n) is 24.6. The van der Waals surface area contributed by atoms with Gasteiger partial charge >= 0.3 is 0 Å². The van der Waals surface area contributed by atoms with E-state index in [2.05, 4.69) is 243 Å². The van der Waals surface area contributed by atoms with Crippen LogP contribution in [0.25, 0.3) is 120 Å². The summed E-state index contributed by atoms with van der Waals surface area (Å²) < 4.78 is 2.54. The van der Waals surface area contributed by atoms with Crippen LogP contribution in [0.1, 0.15) is 22.3 Å². The van der Waals surface area contributed by atoms with Crippen LogP contribution in [0.5, 0.6) is 0 Å². The van der Waals surface area contributed by atoms with Crippen molar-refractivity contribution in [2.75, 3.05) is 0 Å². The summed E-state index contributed by atoms with van der Waals surface area (Å²) in [6.07, 6.45) is 0. The average molecular weight is 932 g/mol. The minimum atomic E-state index is -0.532. The molecule has 1 aliphatic rings. The zero-order chi connectivity index (χ0) is 47.3. The van der Waals surface area contributed by atoms with E-state index in [1.54, 1.807) is 0 Å². The summed E-state index contributed by atoms with van der Waals surface area (Å²) >= 11 is 1.88. The summed E-state index contributed by atoms with van der Waals surface area (Å²) in [5, 5.41) is 8.20. The van der Waals surface area contributed by atoms with Gasteiger partial charge in [0.15, 0.2) is 0 Å². The third-order valence-corrected chi connectivity index (χ3v) is 16.3. The van der Waals surface area contributed by atoms with E-state index in [0.29, 0.717) is 0 Å². The van der Waals surface area contributed by atoms with Crippen molar-refractivity contribution >= 4 is 75.0 Å². The van der Waals surface area contributed by atoms with Crippen LogP contribution < -0.4 is 0 Å². The molecule has 4 aromatic heterocycles. The van der Waals surface area contributed by atoms with E-state index in [0.717, 1.165) is 77.4 Å². The molecule has 334 valence electrons. The molecule has 1 aliphatic carbocycles. The Bertz CT molecular complexity index is 4450. The van der Waals surface area contributed by atoms with E-state index < -0.39 is 5.41 Å². The number of pyridine rings is 3. The molecule has 4 heteroatoms. The van der Waals surface area contributed by atoms with Crippen molar-refractivity contribution in [3.8, 4) is 56.0 Å². The van der Waals surface area contributed by atoms with Crippen molar-refractivity contribution in [1.82, 2.24) is 15.0 Å². The number of hydrogen-bond donors (Lipinski definition) is 0. The molecule has 0 saturated carbocycles. The molecule has 0 bridgehead atoms. The Labute approximate surface area is 420 Å². The summed E-state index contributed by atoms with van der Waals surface area (Å²) in [7, 11) is 0.